The first kappa shape index (κ1) is 25.2. The standard InChI is InChI=1S/C22H38ClNO3Si/c1-18(23)21(26)24(16-19-12-8-7-9-13-19)17-20(25)14-10-11-15-27-28(5,6)22(2,3)4/h7-9,12-13,18,20,25H,10-11,14-17H2,1-6H3. The molecule has 0 heterocycles. The molecule has 28 heavy (non-hydrogen) atoms. The van der Waals surface area contributed by atoms with Crippen LogP contribution in [0.25, 0.3) is 0 Å². The highest BCUT2D eigenvalue weighted by Gasteiger charge is 2.36. The molecule has 1 rings (SSSR count). The number of unbranched alkanes of at least 4 members (excludes halogenated alkanes) is 1. The second-order valence-electron chi connectivity index (χ2n) is 9.08. The van der Waals surface area contributed by atoms with Crippen LogP contribution in [-0.4, -0.2) is 48.9 Å². The number of hydrogen-bond acceptors (Lipinski definition) is 3. The summed E-state index contributed by atoms with van der Waals surface area (Å²) in [7, 11) is -1.71. The van der Waals surface area contributed by atoms with Gasteiger partial charge in [-0.25, -0.2) is 0 Å². The molecule has 0 spiro atoms. The summed E-state index contributed by atoms with van der Waals surface area (Å²) in [5.41, 5.74) is 1.03. The maximum absolute atomic E-state index is 12.4. The zero-order valence-electron chi connectivity index (χ0n) is 18.4. The van der Waals surface area contributed by atoms with Crippen LogP contribution in [0.2, 0.25) is 18.1 Å². The molecule has 0 fully saturated rings. The minimum Gasteiger partial charge on any atom is -0.417 e. The summed E-state index contributed by atoms with van der Waals surface area (Å²) < 4.78 is 6.18. The quantitative estimate of drug-likeness (QED) is 0.300. The highest BCUT2D eigenvalue weighted by Crippen LogP contribution is 2.36. The fourth-order valence-electron chi connectivity index (χ4n) is 2.66. The lowest BCUT2D eigenvalue weighted by molar-refractivity contribution is -0.132. The Hall–Kier alpha value is -0.883. The average molecular weight is 428 g/mol. The summed E-state index contributed by atoms with van der Waals surface area (Å²) in [5, 5.41) is 10.1. The van der Waals surface area contributed by atoms with Crippen LogP contribution in [-0.2, 0) is 15.8 Å². The van der Waals surface area contributed by atoms with E-state index in [0.717, 1.165) is 25.0 Å². The second-order valence-corrected chi connectivity index (χ2v) is 14.5. The number of aliphatic hydroxyl groups is 1. The molecule has 0 saturated carbocycles. The van der Waals surface area contributed by atoms with E-state index < -0.39 is 19.8 Å². The zero-order valence-corrected chi connectivity index (χ0v) is 20.1. The Morgan fingerprint density at radius 3 is 2.36 bits per heavy atom. The number of nitrogens with zero attached hydrogens (tertiary/aromatic N) is 1. The molecule has 1 amide bonds. The van der Waals surface area contributed by atoms with Gasteiger partial charge in [-0.05, 0) is 49.9 Å². The van der Waals surface area contributed by atoms with Gasteiger partial charge in [-0.3, -0.25) is 4.79 Å². The van der Waals surface area contributed by atoms with Gasteiger partial charge in [0.05, 0.1) is 6.10 Å². The van der Waals surface area contributed by atoms with E-state index in [9.17, 15) is 9.90 Å². The lowest BCUT2D eigenvalue weighted by atomic mass is 10.1. The van der Waals surface area contributed by atoms with E-state index in [1.54, 1.807) is 11.8 Å². The third kappa shape index (κ3) is 8.64. The Morgan fingerprint density at radius 1 is 1.21 bits per heavy atom. The van der Waals surface area contributed by atoms with Crippen molar-refractivity contribution in [2.45, 2.75) is 83.1 Å². The average Bonchev–Trinajstić information content (AvgIpc) is 2.60. The predicted octanol–water partition coefficient (Wildman–Crippen LogP) is 5.20. The van der Waals surface area contributed by atoms with Crippen molar-refractivity contribution in [1.29, 1.82) is 0 Å². The molecular weight excluding hydrogens is 390 g/mol. The molecule has 0 bridgehead atoms. The number of amides is 1. The fraction of sp³-hybridized carbons (Fsp3) is 0.682. The summed E-state index contributed by atoms with van der Waals surface area (Å²) >= 11 is 6.01. The van der Waals surface area contributed by atoms with Gasteiger partial charge in [0.25, 0.3) is 0 Å². The van der Waals surface area contributed by atoms with Crippen LogP contribution in [0, 0.1) is 0 Å². The van der Waals surface area contributed by atoms with Gasteiger partial charge in [0, 0.05) is 19.7 Å². The molecule has 0 aliphatic heterocycles. The molecule has 2 unspecified atom stereocenters. The van der Waals surface area contributed by atoms with E-state index in [-0.39, 0.29) is 10.9 Å². The van der Waals surface area contributed by atoms with Gasteiger partial charge >= 0.3 is 0 Å². The largest absolute Gasteiger partial charge is 0.417 e. The molecule has 6 heteroatoms. The van der Waals surface area contributed by atoms with Gasteiger partial charge in [0.2, 0.25) is 5.91 Å². The molecule has 0 saturated heterocycles. The van der Waals surface area contributed by atoms with Crippen molar-refractivity contribution in [3.8, 4) is 0 Å². The first-order valence-corrected chi connectivity index (χ1v) is 13.6. The van der Waals surface area contributed by atoms with Gasteiger partial charge in [0.1, 0.15) is 5.38 Å². The minimum absolute atomic E-state index is 0.147. The zero-order chi connectivity index (χ0) is 21.4. The summed E-state index contributed by atoms with van der Waals surface area (Å²) in [6.45, 7) is 14.4. The van der Waals surface area contributed by atoms with Crippen LogP contribution in [0.5, 0.6) is 0 Å². The first-order valence-electron chi connectivity index (χ1n) is 10.2. The SMILES string of the molecule is CC(Cl)C(=O)N(Cc1ccccc1)CC(O)CCCCO[Si](C)(C)C(C)(C)C. The number of carbonyl (C=O) groups excluding carboxylic acids is 1. The Bertz CT molecular complexity index is 587. The van der Waals surface area contributed by atoms with Crippen molar-refractivity contribution in [3.63, 3.8) is 0 Å². The number of carbonyl (C=O) groups is 1. The van der Waals surface area contributed by atoms with Gasteiger partial charge in [-0.2, -0.15) is 0 Å². The molecule has 0 aliphatic carbocycles. The minimum atomic E-state index is -1.71. The van der Waals surface area contributed by atoms with Crippen molar-refractivity contribution >= 4 is 25.8 Å². The number of hydrogen-bond donors (Lipinski definition) is 1. The van der Waals surface area contributed by atoms with Crippen LogP contribution < -0.4 is 0 Å². The summed E-state index contributed by atoms with van der Waals surface area (Å²) in [6.07, 6.45) is 1.88. The van der Waals surface area contributed by atoms with Gasteiger partial charge in [-0.15, -0.1) is 11.6 Å². The summed E-state index contributed by atoms with van der Waals surface area (Å²) in [5.74, 6) is -0.147. The maximum atomic E-state index is 12.4. The van der Waals surface area contributed by atoms with Crippen LogP contribution in [0.15, 0.2) is 30.3 Å². The van der Waals surface area contributed by atoms with E-state index in [4.69, 9.17) is 16.0 Å². The molecule has 1 aromatic carbocycles. The molecule has 1 aromatic rings. The number of halogens is 1. The van der Waals surface area contributed by atoms with E-state index in [1.807, 2.05) is 30.3 Å². The topological polar surface area (TPSA) is 49.8 Å². The van der Waals surface area contributed by atoms with Gasteiger partial charge in [0.15, 0.2) is 8.32 Å². The van der Waals surface area contributed by atoms with Gasteiger partial charge in [-0.1, -0.05) is 51.1 Å². The maximum Gasteiger partial charge on any atom is 0.240 e. The number of aliphatic hydroxyl groups excluding tert-OH is 1. The lowest BCUT2D eigenvalue weighted by Crippen LogP contribution is -2.41. The van der Waals surface area contributed by atoms with E-state index in [0.29, 0.717) is 19.5 Å². The van der Waals surface area contributed by atoms with E-state index in [1.165, 1.54) is 0 Å². The third-order valence-electron chi connectivity index (χ3n) is 5.50. The molecule has 0 aromatic heterocycles. The Balaban J connectivity index is 2.46. The number of alkyl halides is 1. The highest BCUT2D eigenvalue weighted by molar-refractivity contribution is 6.74. The van der Waals surface area contributed by atoms with Crippen LogP contribution in [0.4, 0.5) is 0 Å². The molecule has 160 valence electrons. The second kappa shape index (κ2) is 11.3. The Morgan fingerprint density at radius 2 is 1.82 bits per heavy atom. The third-order valence-corrected chi connectivity index (χ3v) is 10.2. The molecule has 2 atom stereocenters. The fourth-order valence-corrected chi connectivity index (χ4v) is 3.89. The van der Waals surface area contributed by atoms with Crippen molar-refractivity contribution in [2.75, 3.05) is 13.2 Å². The number of rotatable bonds is 11. The smallest absolute Gasteiger partial charge is 0.240 e. The van der Waals surface area contributed by atoms with E-state index in [2.05, 4.69) is 33.9 Å². The number of benzene rings is 1. The van der Waals surface area contributed by atoms with Crippen molar-refractivity contribution in [2.24, 2.45) is 0 Å². The van der Waals surface area contributed by atoms with Crippen LogP contribution in [0.3, 0.4) is 0 Å². The molecular formula is C22H38ClNO3Si. The normalized spacial score (nSPS) is 14.6. The summed E-state index contributed by atoms with van der Waals surface area (Å²) in [6, 6.07) is 9.79. The van der Waals surface area contributed by atoms with Gasteiger partial charge < -0.3 is 14.4 Å². The summed E-state index contributed by atoms with van der Waals surface area (Å²) in [4.78, 5) is 14.1. The van der Waals surface area contributed by atoms with Crippen molar-refractivity contribution in [3.05, 3.63) is 35.9 Å². The van der Waals surface area contributed by atoms with Crippen molar-refractivity contribution in [1.82, 2.24) is 4.90 Å². The van der Waals surface area contributed by atoms with Crippen LogP contribution in [0.1, 0.15) is 52.5 Å². The van der Waals surface area contributed by atoms with Crippen LogP contribution >= 0.6 is 11.6 Å². The predicted molar refractivity (Wildman–Crippen MR) is 120 cm³/mol. The first-order chi connectivity index (χ1) is 12.9. The Kier molecular flexibility index (Phi) is 10.2. The monoisotopic (exact) mass is 427 g/mol. The van der Waals surface area contributed by atoms with E-state index >= 15 is 0 Å². The molecule has 1 N–H and O–H groups in total. The molecule has 0 aliphatic rings. The lowest BCUT2D eigenvalue weighted by Gasteiger charge is -2.36. The Labute approximate surface area is 177 Å². The van der Waals surface area contributed by atoms with Crippen molar-refractivity contribution < 1.29 is 14.3 Å². The highest BCUT2D eigenvalue weighted by atomic mass is 35.5. The molecule has 4 nitrogen and oxygen atoms in total. The molecule has 0 radical (unpaired) electrons.